The smallest absolute Gasteiger partial charge is 0.316 e. The normalized spacial score (nSPS) is 12.1. The van der Waals surface area contributed by atoms with Crippen molar-refractivity contribution >= 4 is 11.8 Å². The Morgan fingerprint density at radius 2 is 0.526 bits per heavy atom. The SMILES string of the molecule is CCCCCCCCCCCCCCCCCCOC(=O)C(CCCCCCCCCCCCCCCC)C(=O)CCCCCCCCCCCCCCCCC. The first-order valence-electron chi connectivity index (χ1n) is 26.9. The molecule has 0 amide bonds. The van der Waals surface area contributed by atoms with Gasteiger partial charge in [0.2, 0.25) is 0 Å². The van der Waals surface area contributed by atoms with Gasteiger partial charge in [-0.3, -0.25) is 9.59 Å². The second kappa shape index (κ2) is 49.5. The number of hydrogen-bond donors (Lipinski definition) is 0. The second-order valence-electron chi connectivity index (χ2n) is 18.6. The molecule has 0 aromatic carbocycles. The summed E-state index contributed by atoms with van der Waals surface area (Å²) in [5.74, 6) is -0.608. The van der Waals surface area contributed by atoms with E-state index < -0.39 is 5.92 Å². The number of hydrogen-bond acceptors (Lipinski definition) is 3. The Bertz CT molecular complexity index is 777. The first-order valence-corrected chi connectivity index (χ1v) is 26.9. The summed E-state index contributed by atoms with van der Waals surface area (Å²) >= 11 is 0. The maximum atomic E-state index is 13.4. The molecule has 0 aromatic rings. The standard InChI is InChI=1S/C54H106O3/c1-4-7-10-13-16-19-22-25-28-30-33-36-39-42-45-48-51-57-54(56)52(49-46-43-40-37-34-31-27-24-21-18-15-12-9-6-3)53(55)50-47-44-41-38-35-32-29-26-23-20-17-14-11-8-5-2/h52H,4-51H2,1-3H3. The van der Waals surface area contributed by atoms with E-state index in [9.17, 15) is 9.59 Å². The molecule has 0 saturated carbocycles. The van der Waals surface area contributed by atoms with Gasteiger partial charge in [0.05, 0.1) is 6.61 Å². The van der Waals surface area contributed by atoms with E-state index in [0.29, 0.717) is 19.4 Å². The number of ketones is 1. The molecule has 0 heterocycles. The van der Waals surface area contributed by atoms with Crippen LogP contribution in [0.1, 0.15) is 323 Å². The molecular formula is C54H106O3. The van der Waals surface area contributed by atoms with Crippen molar-refractivity contribution in [2.24, 2.45) is 5.92 Å². The number of Topliss-reactive ketones (excluding diaryl/α,β-unsaturated/α-hetero) is 1. The molecule has 0 radical (unpaired) electrons. The van der Waals surface area contributed by atoms with Crippen molar-refractivity contribution in [2.45, 2.75) is 323 Å². The fourth-order valence-electron chi connectivity index (χ4n) is 8.72. The molecule has 57 heavy (non-hydrogen) atoms. The van der Waals surface area contributed by atoms with Gasteiger partial charge in [0.15, 0.2) is 0 Å². The van der Waals surface area contributed by atoms with E-state index in [4.69, 9.17) is 4.74 Å². The molecule has 0 fully saturated rings. The van der Waals surface area contributed by atoms with Crippen molar-refractivity contribution in [2.75, 3.05) is 6.61 Å². The number of carbonyl (C=O) groups is 2. The van der Waals surface area contributed by atoms with Gasteiger partial charge in [-0.2, -0.15) is 0 Å². The number of rotatable bonds is 50. The molecule has 0 aromatic heterocycles. The second-order valence-corrected chi connectivity index (χ2v) is 18.6. The van der Waals surface area contributed by atoms with Crippen LogP contribution in [-0.4, -0.2) is 18.4 Å². The van der Waals surface area contributed by atoms with E-state index in [0.717, 1.165) is 38.5 Å². The Kier molecular flexibility index (Phi) is 48.8. The highest BCUT2D eigenvalue weighted by molar-refractivity contribution is 5.98. The van der Waals surface area contributed by atoms with Gasteiger partial charge < -0.3 is 4.74 Å². The van der Waals surface area contributed by atoms with Crippen molar-refractivity contribution in [3.63, 3.8) is 0 Å². The minimum atomic E-state index is -0.532. The molecule has 0 aliphatic carbocycles. The zero-order valence-corrected chi connectivity index (χ0v) is 39.7. The van der Waals surface area contributed by atoms with E-state index in [1.165, 1.54) is 250 Å². The van der Waals surface area contributed by atoms with Crippen LogP contribution in [0.5, 0.6) is 0 Å². The molecule has 1 unspecified atom stereocenters. The van der Waals surface area contributed by atoms with E-state index in [2.05, 4.69) is 20.8 Å². The van der Waals surface area contributed by atoms with Gasteiger partial charge in [-0.1, -0.05) is 297 Å². The Morgan fingerprint density at radius 3 is 0.807 bits per heavy atom. The number of carbonyl (C=O) groups excluding carboxylic acids is 2. The van der Waals surface area contributed by atoms with Crippen molar-refractivity contribution < 1.29 is 14.3 Å². The maximum absolute atomic E-state index is 13.4. The quantitative estimate of drug-likeness (QED) is 0.0350. The monoisotopic (exact) mass is 803 g/mol. The summed E-state index contributed by atoms with van der Waals surface area (Å²) in [6.45, 7) is 7.36. The summed E-state index contributed by atoms with van der Waals surface area (Å²) in [6.07, 6.45) is 61.0. The number of esters is 1. The third-order valence-corrected chi connectivity index (χ3v) is 12.8. The lowest BCUT2D eigenvalue weighted by Gasteiger charge is -2.15. The van der Waals surface area contributed by atoms with Crippen LogP contribution in [-0.2, 0) is 14.3 Å². The van der Waals surface area contributed by atoms with Crippen molar-refractivity contribution in [1.82, 2.24) is 0 Å². The Hall–Kier alpha value is -0.860. The zero-order valence-electron chi connectivity index (χ0n) is 39.7. The fraction of sp³-hybridized carbons (Fsp3) is 0.963. The fourth-order valence-corrected chi connectivity index (χ4v) is 8.72. The highest BCUT2D eigenvalue weighted by Crippen LogP contribution is 2.21. The molecule has 340 valence electrons. The molecule has 0 saturated heterocycles. The minimum absolute atomic E-state index is 0.149. The number of ether oxygens (including phenoxy) is 1. The third kappa shape index (κ3) is 44.5. The van der Waals surface area contributed by atoms with E-state index in [1.54, 1.807) is 0 Å². The lowest BCUT2D eigenvalue weighted by Crippen LogP contribution is -2.26. The van der Waals surface area contributed by atoms with Crippen molar-refractivity contribution in [1.29, 1.82) is 0 Å². The average Bonchev–Trinajstić information content (AvgIpc) is 3.21. The lowest BCUT2D eigenvalue weighted by atomic mass is 9.92. The topological polar surface area (TPSA) is 43.4 Å². The van der Waals surface area contributed by atoms with Gasteiger partial charge in [-0.25, -0.2) is 0 Å². The lowest BCUT2D eigenvalue weighted by molar-refractivity contribution is -0.152. The van der Waals surface area contributed by atoms with Gasteiger partial charge in [-0.05, 0) is 19.3 Å². The summed E-state index contributed by atoms with van der Waals surface area (Å²) in [7, 11) is 0. The Labute approximate surface area is 360 Å². The van der Waals surface area contributed by atoms with Crippen LogP contribution in [0, 0.1) is 5.92 Å². The van der Waals surface area contributed by atoms with Crippen LogP contribution in [0.3, 0.4) is 0 Å². The summed E-state index contributed by atoms with van der Waals surface area (Å²) in [5, 5.41) is 0. The Morgan fingerprint density at radius 1 is 0.298 bits per heavy atom. The Balaban J connectivity index is 4.19. The average molecular weight is 803 g/mol. The summed E-state index contributed by atoms with van der Waals surface area (Å²) in [6, 6.07) is 0. The van der Waals surface area contributed by atoms with Gasteiger partial charge in [0.25, 0.3) is 0 Å². The molecule has 0 spiro atoms. The minimum Gasteiger partial charge on any atom is -0.465 e. The van der Waals surface area contributed by atoms with Crippen LogP contribution in [0.2, 0.25) is 0 Å². The van der Waals surface area contributed by atoms with E-state index in [1.807, 2.05) is 0 Å². The van der Waals surface area contributed by atoms with Crippen LogP contribution in [0.25, 0.3) is 0 Å². The molecule has 0 aliphatic heterocycles. The summed E-state index contributed by atoms with van der Waals surface area (Å²) in [4.78, 5) is 26.6. The number of unbranched alkanes of at least 4 members (excludes halogenated alkanes) is 42. The van der Waals surface area contributed by atoms with Crippen LogP contribution >= 0.6 is 0 Å². The predicted molar refractivity (Wildman–Crippen MR) is 253 cm³/mol. The van der Waals surface area contributed by atoms with Crippen LogP contribution in [0.15, 0.2) is 0 Å². The zero-order chi connectivity index (χ0) is 41.4. The molecular weight excluding hydrogens is 697 g/mol. The highest BCUT2D eigenvalue weighted by atomic mass is 16.5. The largest absolute Gasteiger partial charge is 0.465 e. The molecule has 0 aliphatic rings. The summed E-state index contributed by atoms with van der Waals surface area (Å²) < 4.78 is 5.78. The molecule has 0 bridgehead atoms. The van der Waals surface area contributed by atoms with Crippen LogP contribution in [0.4, 0.5) is 0 Å². The first kappa shape index (κ1) is 56.1. The van der Waals surface area contributed by atoms with E-state index >= 15 is 0 Å². The maximum Gasteiger partial charge on any atom is 0.316 e. The molecule has 1 atom stereocenters. The van der Waals surface area contributed by atoms with Gasteiger partial charge in [0.1, 0.15) is 11.7 Å². The van der Waals surface area contributed by atoms with Crippen LogP contribution < -0.4 is 0 Å². The van der Waals surface area contributed by atoms with Gasteiger partial charge >= 0.3 is 5.97 Å². The predicted octanol–water partition coefficient (Wildman–Crippen LogP) is 19.1. The van der Waals surface area contributed by atoms with Gasteiger partial charge in [0, 0.05) is 6.42 Å². The van der Waals surface area contributed by atoms with Crippen molar-refractivity contribution in [3.05, 3.63) is 0 Å². The van der Waals surface area contributed by atoms with Crippen molar-refractivity contribution in [3.8, 4) is 0 Å². The van der Waals surface area contributed by atoms with E-state index in [-0.39, 0.29) is 11.8 Å². The molecule has 3 heteroatoms. The highest BCUT2D eigenvalue weighted by Gasteiger charge is 2.27. The molecule has 3 nitrogen and oxygen atoms in total. The summed E-state index contributed by atoms with van der Waals surface area (Å²) in [5.41, 5.74) is 0. The molecule has 0 N–H and O–H groups in total. The third-order valence-electron chi connectivity index (χ3n) is 12.8. The first-order chi connectivity index (χ1) is 28.2. The van der Waals surface area contributed by atoms with Gasteiger partial charge in [-0.15, -0.1) is 0 Å². The molecule has 0 rings (SSSR count).